The zero-order chi connectivity index (χ0) is 15.9. The molecule has 0 aromatic heterocycles. The number of hydrogen-bond acceptors (Lipinski definition) is 3. The predicted molar refractivity (Wildman–Crippen MR) is 84.9 cm³/mol. The first kappa shape index (κ1) is 16.6. The highest BCUT2D eigenvalue weighted by Crippen LogP contribution is 2.12. The number of nitrogens with zero attached hydrogens (tertiary/aromatic N) is 2. The van der Waals surface area contributed by atoms with E-state index < -0.39 is 0 Å². The maximum Gasteiger partial charge on any atom is 0.409 e. The number of rotatable bonds is 3. The lowest BCUT2D eigenvalue weighted by molar-refractivity contribution is -0.130. The molecule has 5 nitrogen and oxygen atoms in total. The van der Waals surface area contributed by atoms with Crippen molar-refractivity contribution in [2.45, 2.75) is 19.8 Å². The highest BCUT2D eigenvalue weighted by molar-refractivity contribution is 6.30. The number of halogens is 1. The molecular formula is C16H21ClN2O3. The van der Waals surface area contributed by atoms with Gasteiger partial charge in [-0.15, -0.1) is 0 Å². The molecule has 0 radical (unpaired) electrons. The van der Waals surface area contributed by atoms with Crippen LogP contribution >= 0.6 is 11.6 Å². The van der Waals surface area contributed by atoms with Crippen LogP contribution in [0.5, 0.6) is 0 Å². The highest BCUT2D eigenvalue weighted by Gasteiger charge is 2.22. The van der Waals surface area contributed by atoms with Crippen LogP contribution in [0.15, 0.2) is 24.3 Å². The molecule has 120 valence electrons. The minimum atomic E-state index is -0.297. The second kappa shape index (κ2) is 8.03. The summed E-state index contributed by atoms with van der Waals surface area (Å²) in [7, 11) is 0. The van der Waals surface area contributed by atoms with E-state index in [9.17, 15) is 9.59 Å². The van der Waals surface area contributed by atoms with Crippen LogP contribution in [0.1, 0.15) is 18.9 Å². The lowest BCUT2D eigenvalue weighted by Gasteiger charge is -2.21. The topological polar surface area (TPSA) is 49.9 Å². The molecule has 1 aliphatic heterocycles. The smallest absolute Gasteiger partial charge is 0.409 e. The van der Waals surface area contributed by atoms with Gasteiger partial charge in [0.1, 0.15) is 0 Å². The summed E-state index contributed by atoms with van der Waals surface area (Å²) in [5, 5.41) is 0.663. The van der Waals surface area contributed by atoms with Crippen LogP contribution in [0.2, 0.25) is 5.02 Å². The van der Waals surface area contributed by atoms with E-state index in [-0.39, 0.29) is 12.0 Å². The quantitative estimate of drug-likeness (QED) is 0.858. The summed E-state index contributed by atoms with van der Waals surface area (Å²) >= 11 is 5.85. The summed E-state index contributed by atoms with van der Waals surface area (Å²) in [6.45, 7) is 4.52. The van der Waals surface area contributed by atoms with E-state index in [1.807, 2.05) is 17.0 Å². The zero-order valence-electron chi connectivity index (χ0n) is 12.8. The third-order valence-electron chi connectivity index (χ3n) is 3.64. The molecule has 1 fully saturated rings. The standard InChI is InChI=1S/C16H21ClN2O3/c1-2-22-16(21)19-9-3-8-18(10-11-19)15(20)12-13-4-6-14(17)7-5-13/h4-7H,2-3,8-12H2,1H3. The third-order valence-corrected chi connectivity index (χ3v) is 3.90. The Bertz CT molecular complexity index is 519. The molecule has 6 heteroatoms. The van der Waals surface area contributed by atoms with Gasteiger partial charge in [-0.2, -0.15) is 0 Å². The van der Waals surface area contributed by atoms with Gasteiger partial charge in [0.15, 0.2) is 0 Å². The molecule has 0 atom stereocenters. The van der Waals surface area contributed by atoms with Crippen LogP contribution in [0.4, 0.5) is 4.79 Å². The zero-order valence-corrected chi connectivity index (χ0v) is 13.5. The average Bonchev–Trinajstić information content (AvgIpc) is 2.76. The van der Waals surface area contributed by atoms with E-state index in [0.717, 1.165) is 12.0 Å². The van der Waals surface area contributed by atoms with Gasteiger partial charge >= 0.3 is 6.09 Å². The van der Waals surface area contributed by atoms with Crippen molar-refractivity contribution in [3.05, 3.63) is 34.9 Å². The summed E-state index contributed by atoms with van der Waals surface area (Å²) in [5.74, 6) is 0.0769. The molecule has 0 spiro atoms. The first-order valence-electron chi connectivity index (χ1n) is 7.54. The maximum absolute atomic E-state index is 12.4. The Balaban J connectivity index is 1.88. The van der Waals surface area contributed by atoms with Crippen molar-refractivity contribution in [2.75, 3.05) is 32.8 Å². The van der Waals surface area contributed by atoms with Gasteiger partial charge in [-0.05, 0) is 31.0 Å². The molecule has 0 unspecified atom stereocenters. The number of carbonyl (C=O) groups is 2. The largest absolute Gasteiger partial charge is 0.450 e. The van der Waals surface area contributed by atoms with Crippen molar-refractivity contribution in [2.24, 2.45) is 0 Å². The molecule has 0 saturated carbocycles. The van der Waals surface area contributed by atoms with E-state index in [0.29, 0.717) is 44.2 Å². The highest BCUT2D eigenvalue weighted by atomic mass is 35.5. The molecule has 1 aromatic carbocycles. The monoisotopic (exact) mass is 324 g/mol. The lowest BCUT2D eigenvalue weighted by Crippen LogP contribution is -2.38. The fourth-order valence-electron chi connectivity index (χ4n) is 2.45. The van der Waals surface area contributed by atoms with Crippen LogP contribution in [-0.4, -0.2) is 54.6 Å². The molecule has 2 rings (SSSR count). The van der Waals surface area contributed by atoms with Gasteiger partial charge in [-0.25, -0.2) is 4.79 Å². The lowest BCUT2D eigenvalue weighted by atomic mass is 10.1. The summed E-state index contributed by atoms with van der Waals surface area (Å²) in [6, 6.07) is 7.30. The Morgan fingerprint density at radius 1 is 1.09 bits per heavy atom. The van der Waals surface area contributed by atoms with Crippen LogP contribution in [0, 0.1) is 0 Å². The maximum atomic E-state index is 12.4. The van der Waals surface area contributed by atoms with Crippen LogP contribution in [0.25, 0.3) is 0 Å². The molecule has 1 saturated heterocycles. The molecule has 0 bridgehead atoms. The third kappa shape index (κ3) is 4.63. The fraction of sp³-hybridized carbons (Fsp3) is 0.500. The Labute approximate surface area is 135 Å². The Hall–Kier alpha value is -1.75. The van der Waals surface area contributed by atoms with Crippen molar-refractivity contribution in [1.82, 2.24) is 9.80 Å². The number of benzene rings is 1. The van der Waals surface area contributed by atoms with E-state index in [1.54, 1.807) is 24.0 Å². The number of amides is 2. The van der Waals surface area contributed by atoms with E-state index in [1.165, 1.54) is 0 Å². The van der Waals surface area contributed by atoms with E-state index in [4.69, 9.17) is 16.3 Å². The summed E-state index contributed by atoms with van der Waals surface area (Å²) in [4.78, 5) is 27.6. The molecular weight excluding hydrogens is 304 g/mol. The fourth-order valence-corrected chi connectivity index (χ4v) is 2.58. The van der Waals surface area contributed by atoms with Crippen LogP contribution in [0.3, 0.4) is 0 Å². The molecule has 1 aliphatic rings. The first-order chi connectivity index (χ1) is 10.6. The van der Waals surface area contributed by atoms with Crippen molar-refractivity contribution < 1.29 is 14.3 Å². The van der Waals surface area contributed by atoms with E-state index >= 15 is 0 Å². The van der Waals surface area contributed by atoms with Gasteiger partial charge in [-0.3, -0.25) is 4.79 Å². The second-order valence-electron chi connectivity index (χ2n) is 5.22. The van der Waals surface area contributed by atoms with Gasteiger partial charge in [0.2, 0.25) is 5.91 Å². The van der Waals surface area contributed by atoms with Gasteiger partial charge in [0, 0.05) is 31.2 Å². The van der Waals surface area contributed by atoms with Crippen LogP contribution in [-0.2, 0) is 16.0 Å². The minimum absolute atomic E-state index is 0.0769. The average molecular weight is 325 g/mol. The van der Waals surface area contributed by atoms with Gasteiger partial charge in [0.05, 0.1) is 13.0 Å². The Morgan fingerprint density at radius 3 is 2.41 bits per heavy atom. The predicted octanol–water partition coefficient (Wildman–Crippen LogP) is 2.57. The molecule has 1 aromatic rings. The number of hydrogen-bond donors (Lipinski definition) is 0. The van der Waals surface area contributed by atoms with Crippen molar-refractivity contribution in [1.29, 1.82) is 0 Å². The van der Waals surface area contributed by atoms with Gasteiger partial charge < -0.3 is 14.5 Å². The molecule has 1 heterocycles. The molecule has 22 heavy (non-hydrogen) atoms. The summed E-state index contributed by atoms with van der Waals surface area (Å²) in [6.07, 6.45) is 0.830. The van der Waals surface area contributed by atoms with Gasteiger partial charge in [-0.1, -0.05) is 23.7 Å². The summed E-state index contributed by atoms with van der Waals surface area (Å²) in [5.41, 5.74) is 0.945. The van der Waals surface area contributed by atoms with Crippen molar-refractivity contribution in [3.63, 3.8) is 0 Å². The normalized spacial score (nSPS) is 15.4. The first-order valence-corrected chi connectivity index (χ1v) is 7.92. The van der Waals surface area contributed by atoms with E-state index in [2.05, 4.69) is 0 Å². The SMILES string of the molecule is CCOC(=O)N1CCCN(C(=O)Cc2ccc(Cl)cc2)CC1. The van der Waals surface area contributed by atoms with Crippen LogP contribution < -0.4 is 0 Å². The van der Waals surface area contributed by atoms with Crippen molar-refractivity contribution in [3.8, 4) is 0 Å². The van der Waals surface area contributed by atoms with Crippen molar-refractivity contribution >= 4 is 23.6 Å². The molecule has 0 N–H and O–H groups in total. The Kier molecular flexibility index (Phi) is 6.07. The second-order valence-corrected chi connectivity index (χ2v) is 5.66. The Morgan fingerprint density at radius 2 is 1.73 bits per heavy atom. The number of ether oxygens (including phenoxy) is 1. The number of carbonyl (C=O) groups excluding carboxylic acids is 2. The van der Waals surface area contributed by atoms with Gasteiger partial charge in [0.25, 0.3) is 0 Å². The minimum Gasteiger partial charge on any atom is -0.450 e. The molecule has 2 amide bonds. The molecule has 0 aliphatic carbocycles. The summed E-state index contributed by atoms with van der Waals surface area (Å²) < 4.78 is 5.01.